The van der Waals surface area contributed by atoms with Crippen LogP contribution in [0.4, 0.5) is 13.2 Å². The maximum atomic E-state index is 11.9. The van der Waals surface area contributed by atoms with Crippen LogP contribution in [0.3, 0.4) is 0 Å². The number of benzene rings is 1. The van der Waals surface area contributed by atoms with Crippen molar-refractivity contribution in [3.63, 3.8) is 0 Å². The van der Waals surface area contributed by atoms with Crippen LogP contribution in [0.25, 0.3) is 0 Å². The lowest BCUT2D eigenvalue weighted by molar-refractivity contribution is -0.144. The van der Waals surface area contributed by atoms with Gasteiger partial charge in [0.1, 0.15) is 6.61 Å². The number of hydrogen-bond acceptors (Lipinski definition) is 2. The first-order chi connectivity index (χ1) is 9.40. The summed E-state index contributed by atoms with van der Waals surface area (Å²) in [6, 6.07) is 6.84. The summed E-state index contributed by atoms with van der Waals surface area (Å²) in [5.41, 5.74) is 1.48. The van der Waals surface area contributed by atoms with E-state index in [4.69, 9.17) is 5.11 Å². The second-order valence-corrected chi connectivity index (χ2v) is 4.05. The molecule has 0 spiro atoms. The van der Waals surface area contributed by atoms with Gasteiger partial charge < -0.3 is 10.4 Å². The van der Waals surface area contributed by atoms with Gasteiger partial charge in [0, 0.05) is 18.5 Å². The average molecular weight is 285 g/mol. The predicted molar refractivity (Wildman–Crippen MR) is 67.5 cm³/mol. The Labute approximate surface area is 114 Å². The molecular formula is C14H14F3NO2. The Hall–Kier alpha value is -2.00. The van der Waals surface area contributed by atoms with Gasteiger partial charge in [-0.3, -0.25) is 4.79 Å². The molecule has 6 heteroatoms. The second kappa shape index (κ2) is 7.56. The van der Waals surface area contributed by atoms with Gasteiger partial charge in [-0.15, -0.1) is 0 Å². The van der Waals surface area contributed by atoms with Crippen LogP contribution in [0.15, 0.2) is 24.3 Å². The summed E-state index contributed by atoms with van der Waals surface area (Å²) in [5, 5.41) is 11.0. The minimum Gasteiger partial charge on any atom is -0.384 e. The van der Waals surface area contributed by atoms with Crippen LogP contribution in [0.2, 0.25) is 0 Å². The molecule has 0 aliphatic heterocycles. The highest BCUT2D eigenvalue weighted by Crippen LogP contribution is 2.20. The highest BCUT2D eigenvalue weighted by Gasteiger charge is 2.27. The van der Waals surface area contributed by atoms with Crippen molar-refractivity contribution in [1.82, 2.24) is 5.32 Å². The van der Waals surface area contributed by atoms with E-state index in [0.29, 0.717) is 5.56 Å². The summed E-state index contributed by atoms with van der Waals surface area (Å²) < 4.78 is 35.7. The van der Waals surface area contributed by atoms with E-state index in [1.807, 2.05) is 0 Å². The second-order valence-electron chi connectivity index (χ2n) is 4.05. The maximum Gasteiger partial charge on any atom is 0.389 e. The van der Waals surface area contributed by atoms with E-state index in [9.17, 15) is 18.0 Å². The number of carbonyl (C=O) groups excluding carboxylic acids is 1. The minimum atomic E-state index is -4.32. The zero-order valence-corrected chi connectivity index (χ0v) is 10.6. The van der Waals surface area contributed by atoms with Gasteiger partial charge in [0.05, 0.1) is 6.42 Å². The number of alkyl halides is 3. The molecule has 0 aliphatic carbocycles. The number of carbonyl (C=O) groups is 1. The van der Waals surface area contributed by atoms with Crippen molar-refractivity contribution in [2.24, 2.45) is 0 Å². The van der Waals surface area contributed by atoms with E-state index in [-0.39, 0.29) is 13.2 Å². The lowest BCUT2D eigenvalue weighted by atomic mass is 10.1. The standard InChI is InChI=1S/C14H14F3NO2/c15-14(16,17)8-7-13(20)18-10-12-5-3-11(4-6-12)2-1-9-19/h3-6,19H,7-10H2,(H,18,20). The van der Waals surface area contributed by atoms with Gasteiger partial charge in [-0.2, -0.15) is 13.2 Å². The van der Waals surface area contributed by atoms with Crippen molar-refractivity contribution >= 4 is 5.91 Å². The van der Waals surface area contributed by atoms with E-state index >= 15 is 0 Å². The van der Waals surface area contributed by atoms with Crippen LogP contribution in [0.1, 0.15) is 24.0 Å². The van der Waals surface area contributed by atoms with E-state index in [1.54, 1.807) is 24.3 Å². The Morgan fingerprint density at radius 3 is 2.45 bits per heavy atom. The van der Waals surface area contributed by atoms with Gasteiger partial charge in [0.15, 0.2) is 0 Å². The van der Waals surface area contributed by atoms with Crippen LogP contribution in [0.5, 0.6) is 0 Å². The normalized spacial score (nSPS) is 10.6. The van der Waals surface area contributed by atoms with Crippen LogP contribution in [-0.2, 0) is 11.3 Å². The molecule has 1 rings (SSSR count). The van der Waals surface area contributed by atoms with Gasteiger partial charge in [-0.1, -0.05) is 24.0 Å². The molecule has 0 bridgehead atoms. The summed E-state index contributed by atoms with van der Waals surface area (Å²) in [5.74, 6) is 4.57. The molecule has 3 nitrogen and oxygen atoms in total. The Morgan fingerprint density at radius 2 is 1.90 bits per heavy atom. The fourth-order valence-corrected chi connectivity index (χ4v) is 1.39. The predicted octanol–water partition coefficient (Wildman–Crippen LogP) is 1.99. The van der Waals surface area contributed by atoms with Gasteiger partial charge in [-0.05, 0) is 17.7 Å². The molecule has 0 heterocycles. The third kappa shape index (κ3) is 6.81. The summed E-state index contributed by atoms with van der Waals surface area (Å²) in [4.78, 5) is 11.2. The molecule has 0 fully saturated rings. The Morgan fingerprint density at radius 1 is 1.25 bits per heavy atom. The zero-order valence-electron chi connectivity index (χ0n) is 10.6. The molecule has 0 saturated heterocycles. The van der Waals surface area contributed by atoms with Crippen molar-refractivity contribution in [2.75, 3.05) is 6.61 Å². The molecule has 1 amide bonds. The molecule has 0 radical (unpaired) electrons. The Kier molecular flexibility index (Phi) is 6.07. The van der Waals surface area contributed by atoms with Crippen molar-refractivity contribution in [3.05, 3.63) is 35.4 Å². The number of aliphatic hydroxyl groups is 1. The lowest BCUT2D eigenvalue weighted by Crippen LogP contribution is -2.24. The number of halogens is 3. The highest BCUT2D eigenvalue weighted by atomic mass is 19.4. The number of nitrogens with one attached hydrogen (secondary N) is 1. The van der Waals surface area contributed by atoms with E-state index in [1.165, 1.54) is 0 Å². The van der Waals surface area contributed by atoms with Crippen molar-refractivity contribution in [2.45, 2.75) is 25.6 Å². The number of hydrogen-bond donors (Lipinski definition) is 2. The first-order valence-electron chi connectivity index (χ1n) is 5.93. The molecule has 1 aromatic carbocycles. The molecule has 1 aromatic rings. The van der Waals surface area contributed by atoms with E-state index in [2.05, 4.69) is 17.2 Å². The number of aliphatic hydroxyl groups excluding tert-OH is 1. The zero-order chi connectivity index (χ0) is 15.0. The monoisotopic (exact) mass is 285 g/mol. The molecule has 0 aliphatic rings. The average Bonchev–Trinajstić information content (AvgIpc) is 2.41. The Balaban J connectivity index is 2.40. The number of rotatable bonds is 4. The van der Waals surface area contributed by atoms with Gasteiger partial charge >= 0.3 is 6.18 Å². The van der Waals surface area contributed by atoms with Crippen molar-refractivity contribution in [1.29, 1.82) is 0 Å². The SMILES string of the molecule is O=C(CCC(F)(F)F)NCc1ccc(C#CCO)cc1. The first-order valence-corrected chi connectivity index (χ1v) is 5.93. The molecular weight excluding hydrogens is 271 g/mol. The molecule has 20 heavy (non-hydrogen) atoms. The number of amides is 1. The van der Waals surface area contributed by atoms with Crippen LogP contribution in [0, 0.1) is 11.8 Å². The van der Waals surface area contributed by atoms with Crippen LogP contribution in [-0.4, -0.2) is 23.8 Å². The van der Waals surface area contributed by atoms with Gasteiger partial charge in [0.2, 0.25) is 5.91 Å². The highest BCUT2D eigenvalue weighted by molar-refractivity contribution is 5.75. The van der Waals surface area contributed by atoms with E-state index < -0.39 is 24.9 Å². The third-order valence-electron chi connectivity index (χ3n) is 2.39. The smallest absolute Gasteiger partial charge is 0.384 e. The third-order valence-corrected chi connectivity index (χ3v) is 2.39. The van der Waals surface area contributed by atoms with Gasteiger partial charge in [0.25, 0.3) is 0 Å². The summed E-state index contributed by atoms with van der Waals surface area (Å²) >= 11 is 0. The quantitative estimate of drug-likeness (QED) is 0.831. The molecule has 0 unspecified atom stereocenters. The Bertz CT molecular complexity index is 498. The molecule has 0 atom stereocenters. The van der Waals surface area contributed by atoms with E-state index in [0.717, 1.165) is 5.56 Å². The van der Waals surface area contributed by atoms with Crippen LogP contribution < -0.4 is 5.32 Å². The molecule has 0 saturated carbocycles. The molecule has 0 aromatic heterocycles. The lowest BCUT2D eigenvalue weighted by Gasteiger charge is -2.07. The van der Waals surface area contributed by atoms with Crippen LogP contribution >= 0.6 is 0 Å². The van der Waals surface area contributed by atoms with Gasteiger partial charge in [-0.25, -0.2) is 0 Å². The first kappa shape index (κ1) is 16.1. The largest absolute Gasteiger partial charge is 0.389 e. The maximum absolute atomic E-state index is 11.9. The minimum absolute atomic E-state index is 0.171. The summed E-state index contributed by atoms with van der Waals surface area (Å²) in [7, 11) is 0. The topological polar surface area (TPSA) is 49.3 Å². The fourth-order valence-electron chi connectivity index (χ4n) is 1.39. The molecule has 2 N–H and O–H groups in total. The molecule has 108 valence electrons. The fraction of sp³-hybridized carbons (Fsp3) is 0.357. The van der Waals surface area contributed by atoms with Crippen molar-refractivity contribution < 1.29 is 23.1 Å². The summed E-state index contributed by atoms with van der Waals surface area (Å²) in [6.07, 6.45) is -6.00. The van der Waals surface area contributed by atoms with Crippen molar-refractivity contribution in [3.8, 4) is 11.8 Å². The summed E-state index contributed by atoms with van der Waals surface area (Å²) in [6.45, 7) is -0.0542.